The van der Waals surface area contributed by atoms with Gasteiger partial charge < -0.3 is 10.1 Å². The van der Waals surface area contributed by atoms with E-state index in [9.17, 15) is 18.4 Å². The normalized spacial score (nSPS) is 14.6. The number of hydrogen-bond donors (Lipinski definition) is 1. The van der Waals surface area contributed by atoms with Gasteiger partial charge in [-0.3, -0.25) is 9.69 Å². The first kappa shape index (κ1) is 33.7. The third-order valence-corrected chi connectivity index (χ3v) is 9.23. The second kappa shape index (κ2) is 15.4. The Balaban J connectivity index is 1.07. The van der Waals surface area contributed by atoms with Crippen molar-refractivity contribution in [1.29, 1.82) is 0 Å². The van der Waals surface area contributed by atoms with E-state index in [-0.39, 0.29) is 17.4 Å². The summed E-state index contributed by atoms with van der Waals surface area (Å²) in [6.07, 6.45) is 2.46. The number of hydrogen-bond acceptors (Lipinski definition) is 4. The number of esters is 1. The van der Waals surface area contributed by atoms with Gasteiger partial charge in [0, 0.05) is 30.2 Å². The van der Waals surface area contributed by atoms with Crippen LogP contribution in [0.1, 0.15) is 64.3 Å². The van der Waals surface area contributed by atoms with Crippen molar-refractivity contribution in [2.75, 3.05) is 25.0 Å². The van der Waals surface area contributed by atoms with Crippen LogP contribution in [0.3, 0.4) is 0 Å². The van der Waals surface area contributed by atoms with Crippen LogP contribution in [0.4, 0.5) is 14.5 Å². The molecular weight excluding hydrogens is 618 g/mol. The molecule has 6 rings (SSSR count). The van der Waals surface area contributed by atoms with Crippen LogP contribution in [-0.2, 0) is 21.9 Å². The number of nitrogens with zero attached hydrogens (tertiary/aromatic N) is 1. The van der Waals surface area contributed by atoms with Gasteiger partial charge in [0.15, 0.2) is 0 Å². The minimum absolute atomic E-state index is 0.0722. The number of halogens is 2. The van der Waals surface area contributed by atoms with Crippen molar-refractivity contribution >= 4 is 17.6 Å². The number of alkyl halides is 2. The minimum Gasteiger partial charge on any atom is -0.464 e. The molecule has 0 spiro atoms. The molecule has 250 valence electrons. The Morgan fingerprint density at radius 1 is 0.796 bits per heavy atom. The highest BCUT2D eigenvalue weighted by atomic mass is 19.3. The van der Waals surface area contributed by atoms with Gasteiger partial charge in [-0.2, -0.15) is 0 Å². The number of amides is 1. The van der Waals surface area contributed by atoms with Gasteiger partial charge in [0.25, 0.3) is 11.8 Å². The van der Waals surface area contributed by atoms with Crippen LogP contribution in [-0.4, -0.2) is 36.5 Å². The molecule has 1 saturated heterocycles. The number of carbonyl (C=O) groups excluding carboxylic acids is 2. The van der Waals surface area contributed by atoms with Crippen LogP contribution >= 0.6 is 0 Å². The lowest BCUT2D eigenvalue weighted by Gasteiger charge is -2.36. The average Bonchev–Trinajstić information content (AvgIpc) is 3.13. The molecule has 0 aromatic heterocycles. The number of piperidine rings is 1. The summed E-state index contributed by atoms with van der Waals surface area (Å²) in [6.45, 7) is 2.71. The largest absolute Gasteiger partial charge is 0.464 e. The van der Waals surface area contributed by atoms with Gasteiger partial charge in [0.2, 0.25) is 0 Å². The quantitative estimate of drug-likeness (QED) is 0.144. The molecule has 0 bridgehead atoms. The first-order chi connectivity index (χ1) is 23.8. The molecule has 1 N–H and O–H groups in total. The van der Waals surface area contributed by atoms with E-state index in [1.54, 1.807) is 24.3 Å². The molecule has 1 fully saturated rings. The van der Waals surface area contributed by atoms with Crippen LogP contribution in [0, 0.1) is 0 Å². The zero-order valence-electron chi connectivity index (χ0n) is 27.5. The Morgan fingerprint density at radius 2 is 1.41 bits per heavy atom. The molecular formula is C42H40F2N2O3. The Bertz CT molecular complexity index is 1830. The summed E-state index contributed by atoms with van der Waals surface area (Å²) in [5, 5.41) is 3.00. The molecule has 1 amide bonds. The average molecular weight is 659 g/mol. The lowest BCUT2D eigenvalue weighted by atomic mass is 9.88. The molecule has 49 heavy (non-hydrogen) atoms. The maximum Gasteiger partial charge on any atom is 0.328 e. The van der Waals surface area contributed by atoms with Gasteiger partial charge in [-0.15, -0.1) is 0 Å². The van der Waals surface area contributed by atoms with Crippen molar-refractivity contribution in [2.45, 2.75) is 44.1 Å². The van der Waals surface area contributed by atoms with E-state index in [4.69, 9.17) is 4.74 Å². The van der Waals surface area contributed by atoms with Gasteiger partial charge in [0.05, 0.1) is 6.61 Å². The summed E-state index contributed by atoms with van der Waals surface area (Å²) in [6, 6.07) is 40.5. The van der Waals surface area contributed by atoms with Crippen LogP contribution in [0.25, 0.3) is 11.1 Å². The fourth-order valence-corrected chi connectivity index (χ4v) is 6.53. The third kappa shape index (κ3) is 8.48. The summed E-state index contributed by atoms with van der Waals surface area (Å²) in [4.78, 5) is 29.0. The molecule has 0 saturated carbocycles. The highest BCUT2D eigenvalue weighted by Gasteiger charge is 2.32. The summed E-state index contributed by atoms with van der Waals surface area (Å²) in [5.41, 5.74) is 5.68. The predicted molar refractivity (Wildman–Crippen MR) is 190 cm³/mol. The summed E-state index contributed by atoms with van der Waals surface area (Å²) < 4.78 is 33.3. The van der Waals surface area contributed by atoms with E-state index in [1.165, 1.54) is 17.7 Å². The van der Waals surface area contributed by atoms with E-state index in [0.717, 1.165) is 44.0 Å². The van der Waals surface area contributed by atoms with Gasteiger partial charge in [-0.25, -0.2) is 13.6 Å². The molecule has 1 atom stereocenters. The van der Waals surface area contributed by atoms with E-state index >= 15 is 0 Å². The third-order valence-electron chi connectivity index (χ3n) is 9.23. The van der Waals surface area contributed by atoms with E-state index in [2.05, 4.69) is 22.3 Å². The molecule has 0 radical (unpaired) electrons. The highest BCUT2D eigenvalue weighted by Crippen LogP contribution is 2.34. The summed E-state index contributed by atoms with van der Waals surface area (Å²) >= 11 is 0. The summed E-state index contributed by atoms with van der Waals surface area (Å²) in [7, 11) is 0. The maximum absolute atomic E-state index is 13.7. The number of likely N-dealkylation sites (tertiary alicyclic amines) is 1. The SMILES string of the molecule is CC(F)(F)c1ccc(-c2ccccc2C(=O)Nc2ccc(C3CCN(C(C(=O)OCCc4ccccc4)c4ccccc4)CC3)cc2)cc1. The van der Waals surface area contributed by atoms with Gasteiger partial charge in [0.1, 0.15) is 6.04 Å². The molecule has 1 unspecified atom stereocenters. The number of rotatable bonds is 11. The van der Waals surface area contributed by atoms with Crippen LogP contribution in [0.2, 0.25) is 0 Å². The van der Waals surface area contributed by atoms with E-state index < -0.39 is 12.0 Å². The lowest BCUT2D eigenvalue weighted by Crippen LogP contribution is -2.40. The van der Waals surface area contributed by atoms with E-state index in [1.807, 2.05) is 84.9 Å². The molecule has 5 aromatic carbocycles. The number of ether oxygens (including phenoxy) is 1. The monoisotopic (exact) mass is 658 g/mol. The Labute approximate surface area is 286 Å². The van der Waals surface area contributed by atoms with Crippen LogP contribution in [0.15, 0.2) is 133 Å². The zero-order chi connectivity index (χ0) is 34.2. The van der Waals surface area contributed by atoms with Gasteiger partial charge in [-0.1, -0.05) is 115 Å². The number of nitrogens with one attached hydrogen (secondary N) is 1. The Morgan fingerprint density at radius 3 is 2.06 bits per heavy atom. The molecule has 1 heterocycles. The fourth-order valence-electron chi connectivity index (χ4n) is 6.53. The maximum atomic E-state index is 13.7. The number of anilines is 1. The smallest absolute Gasteiger partial charge is 0.328 e. The lowest BCUT2D eigenvalue weighted by molar-refractivity contribution is -0.150. The molecule has 1 aliphatic rings. The second-order valence-electron chi connectivity index (χ2n) is 12.6. The second-order valence-corrected chi connectivity index (χ2v) is 12.6. The van der Waals surface area contributed by atoms with Gasteiger partial charge >= 0.3 is 5.97 Å². The number of carbonyl (C=O) groups is 2. The first-order valence-corrected chi connectivity index (χ1v) is 16.7. The van der Waals surface area contributed by atoms with Crippen LogP contribution in [0.5, 0.6) is 0 Å². The standard InChI is InChI=1S/C42H40F2N2O3/c1-42(43,44)35-20-16-33(17-21-35)37-14-8-9-15-38(37)40(47)45-36-22-18-31(19-23-36)32-24-27-46(28-25-32)39(34-12-6-3-7-13-34)41(48)49-29-26-30-10-4-2-5-11-30/h2-23,32,39H,24-29H2,1H3,(H,45,47). The van der Waals surface area contributed by atoms with Crippen molar-refractivity contribution in [3.05, 3.63) is 161 Å². The minimum atomic E-state index is -2.93. The molecule has 5 nitrogen and oxygen atoms in total. The molecule has 5 aromatic rings. The van der Waals surface area contributed by atoms with Crippen molar-refractivity contribution in [1.82, 2.24) is 4.90 Å². The van der Waals surface area contributed by atoms with Crippen molar-refractivity contribution in [3.8, 4) is 11.1 Å². The molecule has 0 aliphatic carbocycles. The fraction of sp³-hybridized carbons (Fsp3) is 0.238. The molecule has 7 heteroatoms. The Kier molecular flexibility index (Phi) is 10.6. The molecule has 1 aliphatic heterocycles. The zero-order valence-corrected chi connectivity index (χ0v) is 27.5. The predicted octanol–water partition coefficient (Wildman–Crippen LogP) is 9.42. The van der Waals surface area contributed by atoms with Crippen LogP contribution < -0.4 is 5.32 Å². The van der Waals surface area contributed by atoms with E-state index in [0.29, 0.717) is 41.3 Å². The summed E-state index contributed by atoms with van der Waals surface area (Å²) in [5.74, 6) is -3.10. The topological polar surface area (TPSA) is 58.6 Å². The van der Waals surface area contributed by atoms with Gasteiger partial charge in [-0.05, 0) is 77.9 Å². The van der Waals surface area contributed by atoms with Crippen molar-refractivity contribution in [3.63, 3.8) is 0 Å². The number of benzene rings is 5. The Hall–Kier alpha value is -5.14. The highest BCUT2D eigenvalue weighted by molar-refractivity contribution is 6.08. The van der Waals surface area contributed by atoms with Crippen molar-refractivity contribution < 1.29 is 23.1 Å². The van der Waals surface area contributed by atoms with Crippen molar-refractivity contribution in [2.24, 2.45) is 0 Å². The first-order valence-electron chi connectivity index (χ1n) is 16.7.